The number of amides is 1. The normalized spacial score (nSPS) is 10.2. The third kappa shape index (κ3) is 5.23. The highest BCUT2D eigenvalue weighted by Crippen LogP contribution is 2.24. The van der Waals surface area contributed by atoms with Crippen LogP contribution in [-0.2, 0) is 14.3 Å². The molecule has 0 radical (unpaired) electrons. The molecule has 0 saturated carbocycles. The van der Waals surface area contributed by atoms with Crippen LogP contribution in [0.1, 0.15) is 20.3 Å². The van der Waals surface area contributed by atoms with Gasteiger partial charge in [0.05, 0.1) is 7.11 Å². The van der Waals surface area contributed by atoms with Gasteiger partial charge in [-0.15, -0.1) is 11.8 Å². The number of carbonyl (C=O) groups is 2. The van der Waals surface area contributed by atoms with E-state index in [1.165, 1.54) is 7.11 Å². The van der Waals surface area contributed by atoms with E-state index in [9.17, 15) is 9.59 Å². The molecular weight excluding hydrogens is 250 g/mol. The Morgan fingerprint density at radius 2 is 1.89 bits per heavy atom. The number of nitrogens with one attached hydrogen (secondary N) is 1. The first-order valence-corrected chi connectivity index (χ1v) is 6.52. The Labute approximate surface area is 111 Å². The van der Waals surface area contributed by atoms with Crippen LogP contribution in [0.3, 0.4) is 0 Å². The first kappa shape index (κ1) is 14.6. The maximum atomic E-state index is 11.4. The Bertz CT molecular complexity index is 415. The van der Waals surface area contributed by atoms with Crippen LogP contribution in [0.2, 0.25) is 0 Å². The summed E-state index contributed by atoms with van der Waals surface area (Å²) in [4.78, 5) is 23.5. The second kappa shape index (κ2) is 7.06. The molecule has 0 spiro atoms. The molecule has 0 unspecified atom stereocenters. The Hall–Kier alpha value is -1.49. The van der Waals surface area contributed by atoms with Gasteiger partial charge in [-0.1, -0.05) is 13.8 Å². The molecule has 1 amide bonds. The topological polar surface area (TPSA) is 55.4 Å². The van der Waals surface area contributed by atoms with Crippen LogP contribution in [0.25, 0.3) is 0 Å². The zero-order valence-electron chi connectivity index (χ0n) is 10.7. The lowest BCUT2D eigenvalue weighted by Gasteiger charge is -2.07. The van der Waals surface area contributed by atoms with E-state index in [-0.39, 0.29) is 12.3 Å². The molecule has 0 aliphatic heterocycles. The average Bonchev–Trinajstić information content (AvgIpc) is 2.30. The number of carbonyl (C=O) groups excluding carboxylic acids is 2. The minimum Gasteiger partial charge on any atom is -0.469 e. The van der Waals surface area contributed by atoms with E-state index in [0.29, 0.717) is 10.9 Å². The minimum absolute atomic E-state index is 0.265. The van der Waals surface area contributed by atoms with Gasteiger partial charge in [0.25, 0.3) is 0 Å². The lowest BCUT2D eigenvalue weighted by Crippen LogP contribution is -2.17. The lowest BCUT2D eigenvalue weighted by molar-refractivity contribution is -0.142. The summed E-state index contributed by atoms with van der Waals surface area (Å²) < 4.78 is 4.42. The SMILES string of the molecule is COC(=O)CC(=O)Nc1ccc(SC(C)C)cc1. The number of anilines is 1. The summed E-state index contributed by atoms with van der Waals surface area (Å²) >= 11 is 1.75. The molecule has 1 aromatic rings. The van der Waals surface area contributed by atoms with Crippen molar-refractivity contribution in [2.75, 3.05) is 12.4 Å². The molecule has 18 heavy (non-hydrogen) atoms. The van der Waals surface area contributed by atoms with Gasteiger partial charge >= 0.3 is 5.97 Å². The lowest BCUT2D eigenvalue weighted by atomic mass is 10.3. The summed E-state index contributed by atoms with van der Waals surface area (Å²) in [5.41, 5.74) is 0.678. The monoisotopic (exact) mass is 267 g/mol. The summed E-state index contributed by atoms with van der Waals surface area (Å²) in [6.07, 6.45) is -0.265. The molecule has 0 aliphatic carbocycles. The smallest absolute Gasteiger partial charge is 0.315 e. The maximum absolute atomic E-state index is 11.4. The van der Waals surface area contributed by atoms with Gasteiger partial charge in [0.1, 0.15) is 6.42 Å². The highest BCUT2D eigenvalue weighted by Gasteiger charge is 2.09. The van der Waals surface area contributed by atoms with E-state index >= 15 is 0 Å². The van der Waals surface area contributed by atoms with Gasteiger partial charge in [-0.25, -0.2) is 0 Å². The van der Waals surface area contributed by atoms with Crippen molar-refractivity contribution < 1.29 is 14.3 Å². The van der Waals surface area contributed by atoms with Crippen molar-refractivity contribution in [2.24, 2.45) is 0 Å². The van der Waals surface area contributed by atoms with Crippen LogP contribution < -0.4 is 5.32 Å². The fourth-order valence-electron chi connectivity index (χ4n) is 1.30. The number of hydrogen-bond donors (Lipinski definition) is 1. The van der Waals surface area contributed by atoms with Gasteiger partial charge in [0.2, 0.25) is 5.91 Å². The van der Waals surface area contributed by atoms with Crippen molar-refractivity contribution in [3.63, 3.8) is 0 Å². The zero-order valence-corrected chi connectivity index (χ0v) is 11.5. The predicted molar refractivity (Wildman–Crippen MR) is 72.7 cm³/mol. The molecule has 0 aliphatic rings. The Morgan fingerprint density at radius 1 is 1.28 bits per heavy atom. The van der Waals surface area contributed by atoms with E-state index in [0.717, 1.165) is 4.90 Å². The predicted octanol–water partition coefficient (Wildman–Crippen LogP) is 2.69. The first-order chi connectivity index (χ1) is 8.51. The third-order valence-corrected chi connectivity index (χ3v) is 3.06. The molecule has 0 bridgehead atoms. The van der Waals surface area contributed by atoms with Gasteiger partial charge in [0.15, 0.2) is 0 Å². The van der Waals surface area contributed by atoms with Crippen molar-refractivity contribution in [3.8, 4) is 0 Å². The van der Waals surface area contributed by atoms with E-state index in [1.54, 1.807) is 11.8 Å². The molecule has 1 N–H and O–H groups in total. The molecule has 4 nitrogen and oxygen atoms in total. The van der Waals surface area contributed by atoms with Crippen LogP contribution in [-0.4, -0.2) is 24.2 Å². The van der Waals surface area contributed by atoms with Crippen molar-refractivity contribution >= 4 is 29.3 Å². The molecule has 0 saturated heterocycles. The molecule has 5 heteroatoms. The summed E-state index contributed by atoms with van der Waals surface area (Å²) in [6.45, 7) is 4.24. The van der Waals surface area contributed by atoms with Gasteiger partial charge in [-0.3, -0.25) is 9.59 Å². The molecule has 1 rings (SSSR count). The molecule has 0 fully saturated rings. The van der Waals surface area contributed by atoms with Crippen LogP contribution in [0.4, 0.5) is 5.69 Å². The number of rotatable bonds is 5. The fraction of sp³-hybridized carbons (Fsp3) is 0.385. The highest BCUT2D eigenvalue weighted by atomic mass is 32.2. The number of hydrogen-bond acceptors (Lipinski definition) is 4. The van der Waals surface area contributed by atoms with E-state index < -0.39 is 5.97 Å². The van der Waals surface area contributed by atoms with Gasteiger partial charge in [0, 0.05) is 15.8 Å². The number of thioether (sulfide) groups is 1. The molecule has 0 atom stereocenters. The van der Waals surface area contributed by atoms with Crippen LogP contribution >= 0.6 is 11.8 Å². The Morgan fingerprint density at radius 3 is 2.39 bits per heavy atom. The van der Waals surface area contributed by atoms with E-state index in [1.807, 2.05) is 24.3 Å². The maximum Gasteiger partial charge on any atom is 0.315 e. The number of esters is 1. The standard InChI is InChI=1S/C13H17NO3S/c1-9(2)18-11-6-4-10(5-7-11)14-12(15)8-13(16)17-3/h4-7,9H,8H2,1-3H3,(H,14,15). The third-order valence-electron chi connectivity index (χ3n) is 2.04. The van der Waals surface area contributed by atoms with Crippen LogP contribution in [0.5, 0.6) is 0 Å². The molecular formula is C13H17NO3S. The molecule has 0 aromatic heterocycles. The first-order valence-electron chi connectivity index (χ1n) is 5.64. The molecule has 0 heterocycles. The van der Waals surface area contributed by atoms with Gasteiger partial charge < -0.3 is 10.1 Å². The van der Waals surface area contributed by atoms with Crippen molar-refractivity contribution in [1.29, 1.82) is 0 Å². The van der Waals surface area contributed by atoms with E-state index in [2.05, 4.69) is 23.9 Å². The second-order valence-corrected chi connectivity index (χ2v) is 5.64. The van der Waals surface area contributed by atoms with Crippen molar-refractivity contribution in [2.45, 2.75) is 30.4 Å². The van der Waals surface area contributed by atoms with E-state index in [4.69, 9.17) is 0 Å². The average molecular weight is 267 g/mol. The quantitative estimate of drug-likeness (QED) is 0.506. The van der Waals surface area contributed by atoms with Crippen molar-refractivity contribution in [3.05, 3.63) is 24.3 Å². The summed E-state index contributed by atoms with van der Waals surface area (Å²) in [6, 6.07) is 7.52. The number of methoxy groups -OCH3 is 1. The molecule has 98 valence electrons. The fourth-order valence-corrected chi connectivity index (χ4v) is 2.13. The molecule has 1 aromatic carbocycles. The van der Waals surface area contributed by atoms with Crippen molar-refractivity contribution in [1.82, 2.24) is 0 Å². The number of ether oxygens (including phenoxy) is 1. The van der Waals surface area contributed by atoms with Crippen LogP contribution in [0.15, 0.2) is 29.2 Å². The number of benzene rings is 1. The largest absolute Gasteiger partial charge is 0.469 e. The van der Waals surface area contributed by atoms with Gasteiger partial charge in [-0.05, 0) is 24.3 Å². The zero-order chi connectivity index (χ0) is 13.5. The minimum atomic E-state index is -0.542. The summed E-state index contributed by atoms with van der Waals surface area (Å²) in [5.74, 6) is -0.911. The Kier molecular flexibility index (Phi) is 5.71. The summed E-state index contributed by atoms with van der Waals surface area (Å²) in [5, 5.41) is 3.16. The Balaban J connectivity index is 2.53. The van der Waals surface area contributed by atoms with Crippen LogP contribution in [0, 0.1) is 0 Å². The van der Waals surface area contributed by atoms with Gasteiger partial charge in [-0.2, -0.15) is 0 Å². The second-order valence-electron chi connectivity index (χ2n) is 3.99. The highest BCUT2D eigenvalue weighted by molar-refractivity contribution is 7.99. The summed E-state index contributed by atoms with van der Waals surface area (Å²) in [7, 11) is 1.26.